The highest BCUT2D eigenvalue weighted by Gasteiger charge is 2.14. The van der Waals surface area contributed by atoms with E-state index in [1.165, 1.54) is 0 Å². The maximum atomic E-state index is 11.7. The van der Waals surface area contributed by atoms with Crippen molar-refractivity contribution in [3.05, 3.63) is 34.3 Å². The molecule has 0 bridgehead atoms. The number of benzene rings is 1. The number of carbonyl (C=O) groups is 1. The van der Waals surface area contributed by atoms with Crippen molar-refractivity contribution < 1.29 is 4.79 Å². The van der Waals surface area contributed by atoms with Crippen LogP contribution in [0.4, 0.5) is 0 Å². The topological polar surface area (TPSA) is 47.9 Å². The van der Waals surface area contributed by atoms with Crippen LogP contribution in [0.3, 0.4) is 0 Å². The maximum absolute atomic E-state index is 11.7. The van der Waals surface area contributed by atoms with Gasteiger partial charge in [0, 0.05) is 43.6 Å². The summed E-state index contributed by atoms with van der Waals surface area (Å²) in [5.41, 5.74) is 3.52. The molecule has 0 atom stereocenters. The van der Waals surface area contributed by atoms with Crippen LogP contribution < -0.4 is 5.43 Å². The van der Waals surface area contributed by atoms with Crippen molar-refractivity contribution in [3.63, 3.8) is 0 Å². The number of nitrogens with zero attached hydrogens (tertiary/aromatic N) is 3. The summed E-state index contributed by atoms with van der Waals surface area (Å²) < 4.78 is 0.993. The summed E-state index contributed by atoms with van der Waals surface area (Å²) >= 11 is 3.40. The van der Waals surface area contributed by atoms with Crippen LogP contribution in [0.1, 0.15) is 12.0 Å². The molecule has 1 fully saturated rings. The van der Waals surface area contributed by atoms with E-state index in [0.717, 1.165) is 42.8 Å². The van der Waals surface area contributed by atoms with Crippen LogP contribution in [-0.4, -0.2) is 61.7 Å². The average molecular weight is 353 g/mol. The Morgan fingerprint density at radius 2 is 2.14 bits per heavy atom. The zero-order valence-corrected chi connectivity index (χ0v) is 13.8. The Kier molecular flexibility index (Phi) is 6.35. The quantitative estimate of drug-likeness (QED) is 0.645. The number of halogens is 1. The molecule has 1 heterocycles. The maximum Gasteiger partial charge on any atom is 0.241 e. The number of rotatable bonds is 5. The monoisotopic (exact) mass is 352 g/mol. The van der Waals surface area contributed by atoms with Crippen molar-refractivity contribution in [2.24, 2.45) is 5.10 Å². The summed E-state index contributed by atoms with van der Waals surface area (Å²) in [5.74, 6) is -0.0415. The summed E-state index contributed by atoms with van der Waals surface area (Å²) in [6.45, 7) is 5.01. The lowest BCUT2D eigenvalue weighted by Gasteiger charge is -2.32. The molecule has 0 aliphatic carbocycles. The van der Waals surface area contributed by atoms with Crippen LogP contribution in [-0.2, 0) is 4.79 Å². The first kappa shape index (κ1) is 16.1. The van der Waals surface area contributed by atoms with E-state index in [2.05, 4.69) is 43.3 Å². The van der Waals surface area contributed by atoms with Crippen molar-refractivity contribution in [3.8, 4) is 0 Å². The number of nitrogens with one attached hydrogen (secondary N) is 1. The largest absolute Gasteiger partial charge is 0.304 e. The molecule has 0 radical (unpaired) electrons. The van der Waals surface area contributed by atoms with E-state index in [9.17, 15) is 4.79 Å². The van der Waals surface area contributed by atoms with Crippen LogP contribution in [0, 0.1) is 0 Å². The molecule has 0 saturated carbocycles. The SMILES string of the molecule is CN1CCN(CCC(=O)N/N=C\c2cccc(Br)c2)CC1. The standard InChI is InChI=1S/C15H21BrN4O/c1-19-7-9-20(10-8-19)6-5-15(21)18-17-12-13-3-2-4-14(16)11-13/h2-4,11-12H,5-10H2,1H3,(H,18,21)/b17-12-. The van der Waals surface area contributed by atoms with Crippen molar-refractivity contribution in [2.45, 2.75) is 6.42 Å². The smallest absolute Gasteiger partial charge is 0.241 e. The van der Waals surface area contributed by atoms with Crippen LogP contribution in [0.15, 0.2) is 33.8 Å². The van der Waals surface area contributed by atoms with Crippen LogP contribution in [0.25, 0.3) is 0 Å². The van der Waals surface area contributed by atoms with Gasteiger partial charge in [-0.3, -0.25) is 4.79 Å². The number of amides is 1. The third kappa shape index (κ3) is 5.95. The van der Waals surface area contributed by atoms with E-state index >= 15 is 0 Å². The first-order chi connectivity index (χ1) is 10.1. The van der Waals surface area contributed by atoms with Crippen LogP contribution in [0.5, 0.6) is 0 Å². The highest BCUT2D eigenvalue weighted by atomic mass is 79.9. The molecule has 0 aromatic heterocycles. The van der Waals surface area contributed by atoms with Gasteiger partial charge < -0.3 is 9.80 Å². The van der Waals surface area contributed by atoms with Gasteiger partial charge in [0.05, 0.1) is 6.21 Å². The molecule has 1 aromatic carbocycles. The molecule has 1 N–H and O–H groups in total. The number of likely N-dealkylation sites (N-methyl/N-ethyl adjacent to an activating group) is 1. The molecule has 1 saturated heterocycles. The van der Waals surface area contributed by atoms with Crippen molar-refractivity contribution in [2.75, 3.05) is 39.8 Å². The van der Waals surface area contributed by atoms with E-state index in [4.69, 9.17) is 0 Å². The fourth-order valence-electron chi connectivity index (χ4n) is 2.15. The molecule has 1 aliphatic heterocycles. The zero-order valence-electron chi connectivity index (χ0n) is 12.3. The van der Waals surface area contributed by atoms with E-state index < -0.39 is 0 Å². The fraction of sp³-hybridized carbons (Fsp3) is 0.467. The molecule has 0 unspecified atom stereocenters. The van der Waals surface area contributed by atoms with Gasteiger partial charge in [-0.2, -0.15) is 5.10 Å². The van der Waals surface area contributed by atoms with Gasteiger partial charge >= 0.3 is 0 Å². The third-order valence-electron chi connectivity index (χ3n) is 3.50. The van der Waals surface area contributed by atoms with E-state index in [-0.39, 0.29) is 5.91 Å². The number of hydrazone groups is 1. The highest BCUT2D eigenvalue weighted by molar-refractivity contribution is 9.10. The van der Waals surface area contributed by atoms with Gasteiger partial charge in [-0.15, -0.1) is 0 Å². The predicted molar refractivity (Wildman–Crippen MR) is 88.4 cm³/mol. The minimum absolute atomic E-state index is 0.0415. The lowest BCUT2D eigenvalue weighted by molar-refractivity contribution is -0.121. The van der Waals surface area contributed by atoms with Gasteiger partial charge in [0.1, 0.15) is 0 Å². The Morgan fingerprint density at radius 1 is 1.38 bits per heavy atom. The molecule has 114 valence electrons. The van der Waals surface area contributed by atoms with E-state index in [0.29, 0.717) is 6.42 Å². The van der Waals surface area contributed by atoms with Gasteiger partial charge in [0.25, 0.3) is 0 Å². The summed E-state index contributed by atoms with van der Waals surface area (Å²) in [7, 11) is 2.13. The van der Waals surface area contributed by atoms with E-state index in [1.807, 2.05) is 24.3 Å². The second-order valence-electron chi connectivity index (χ2n) is 5.24. The van der Waals surface area contributed by atoms with E-state index in [1.54, 1.807) is 6.21 Å². The number of carbonyl (C=O) groups excluding carboxylic acids is 1. The Morgan fingerprint density at radius 3 is 2.86 bits per heavy atom. The zero-order chi connectivity index (χ0) is 15.1. The Hall–Kier alpha value is -1.24. The van der Waals surface area contributed by atoms with Crippen LogP contribution in [0.2, 0.25) is 0 Å². The molecule has 5 nitrogen and oxygen atoms in total. The summed E-state index contributed by atoms with van der Waals surface area (Å²) in [6.07, 6.45) is 2.14. The average Bonchev–Trinajstić information content (AvgIpc) is 2.47. The number of hydrogen-bond donors (Lipinski definition) is 1. The third-order valence-corrected chi connectivity index (χ3v) is 4.00. The Bertz CT molecular complexity index is 498. The second-order valence-corrected chi connectivity index (χ2v) is 6.16. The molecule has 6 heteroatoms. The van der Waals surface area contributed by atoms with Crippen molar-refractivity contribution >= 4 is 28.1 Å². The van der Waals surface area contributed by atoms with Crippen molar-refractivity contribution in [1.29, 1.82) is 0 Å². The molecule has 1 aromatic rings. The molecule has 0 spiro atoms. The lowest BCUT2D eigenvalue weighted by Crippen LogP contribution is -2.45. The first-order valence-corrected chi connectivity index (χ1v) is 7.91. The van der Waals surface area contributed by atoms with Crippen molar-refractivity contribution in [1.82, 2.24) is 15.2 Å². The number of piperazine rings is 1. The van der Waals surface area contributed by atoms with Crippen LogP contribution >= 0.6 is 15.9 Å². The van der Waals surface area contributed by atoms with Gasteiger partial charge in [-0.25, -0.2) is 5.43 Å². The minimum atomic E-state index is -0.0415. The minimum Gasteiger partial charge on any atom is -0.304 e. The second kappa shape index (κ2) is 8.26. The molecule has 1 aliphatic rings. The molecular formula is C15H21BrN4O. The van der Waals surface area contributed by atoms with Gasteiger partial charge in [0.15, 0.2) is 0 Å². The predicted octanol–water partition coefficient (Wildman–Crippen LogP) is 1.54. The molecule has 21 heavy (non-hydrogen) atoms. The van der Waals surface area contributed by atoms with Gasteiger partial charge in [0.2, 0.25) is 5.91 Å². The highest BCUT2D eigenvalue weighted by Crippen LogP contribution is 2.09. The Balaban J connectivity index is 1.68. The number of hydrogen-bond acceptors (Lipinski definition) is 4. The molecule has 1 amide bonds. The first-order valence-electron chi connectivity index (χ1n) is 7.12. The van der Waals surface area contributed by atoms with Gasteiger partial charge in [-0.1, -0.05) is 28.1 Å². The molecule has 2 rings (SSSR count). The lowest BCUT2D eigenvalue weighted by atomic mass is 10.2. The summed E-state index contributed by atoms with van der Waals surface area (Å²) in [4.78, 5) is 16.4. The summed E-state index contributed by atoms with van der Waals surface area (Å²) in [5, 5.41) is 3.99. The fourth-order valence-corrected chi connectivity index (χ4v) is 2.57. The Labute approximate surface area is 134 Å². The normalized spacial score (nSPS) is 17.2. The van der Waals surface area contributed by atoms with Gasteiger partial charge in [-0.05, 0) is 24.7 Å². The molecular weight excluding hydrogens is 332 g/mol. The summed E-state index contributed by atoms with van der Waals surface area (Å²) in [6, 6.07) is 7.76.